The van der Waals surface area contributed by atoms with Gasteiger partial charge in [0.2, 0.25) is 0 Å². The van der Waals surface area contributed by atoms with Crippen molar-refractivity contribution < 1.29 is 0 Å². The van der Waals surface area contributed by atoms with Crippen molar-refractivity contribution in [3.63, 3.8) is 0 Å². The number of hydrogen-bond acceptors (Lipinski definition) is 3. The van der Waals surface area contributed by atoms with E-state index in [1.165, 1.54) is 41.3 Å². The first-order chi connectivity index (χ1) is 9.51. The summed E-state index contributed by atoms with van der Waals surface area (Å²) in [6.45, 7) is 12.3. The lowest BCUT2D eigenvalue weighted by atomic mass is 10.0. The highest BCUT2D eigenvalue weighted by molar-refractivity contribution is 7.11. The number of hydrogen-bond donors (Lipinski definition) is 1. The summed E-state index contributed by atoms with van der Waals surface area (Å²) in [5.74, 6) is 2.20. The lowest BCUT2D eigenvalue weighted by molar-refractivity contribution is 0.520. The highest BCUT2D eigenvalue weighted by Gasteiger charge is 2.28. The van der Waals surface area contributed by atoms with Crippen LogP contribution in [0.25, 0.3) is 0 Å². The summed E-state index contributed by atoms with van der Waals surface area (Å²) < 4.78 is 0. The maximum absolute atomic E-state index is 5.02. The number of rotatable bonds is 6. The van der Waals surface area contributed by atoms with E-state index in [-0.39, 0.29) is 0 Å². The topological polar surface area (TPSA) is 24.9 Å². The molecule has 3 heteroatoms. The second kappa shape index (κ2) is 7.04. The summed E-state index contributed by atoms with van der Waals surface area (Å²) >= 11 is 1.97. The molecule has 0 aromatic carbocycles. The van der Waals surface area contributed by atoms with Gasteiger partial charge in [-0.3, -0.25) is 0 Å². The molecule has 1 aromatic heterocycles. The van der Waals surface area contributed by atoms with Gasteiger partial charge in [-0.2, -0.15) is 0 Å². The van der Waals surface area contributed by atoms with Gasteiger partial charge in [-0.1, -0.05) is 41.0 Å². The van der Waals surface area contributed by atoms with Gasteiger partial charge in [0.15, 0.2) is 0 Å². The van der Waals surface area contributed by atoms with Crippen molar-refractivity contribution in [3.05, 3.63) is 15.6 Å². The fourth-order valence-electron chi connectivity index (χ4n) is 3.10. The first-order valence-electron chi connectivity index (χ1n) is 8.24. The molecule has 1 saturated carbocycles. The normalized spacial score (nSPS) is 23.1. The number of nitrogens with zero attached hydrogens (tertiary/aromatic N) is 1. The van der Waals surface area contributed by atoms with Crippen LogP contribution in [0.4, 0.5) is 0 Å². The molecule has 0 aliphatic heterocycles. The van der Waals surface area contributed by atoms with Crippen molar-refractivity contribution in [1.82, 2.24) is 10.3 Å². The van der Waals surface area contributed by atoms with Gasteiger partial charge in [0.1, 0.15) is 0 Å². The van der Waals surface area contributed by atoms with Gasteiger partial charge in [-0.15, -0.1) is 11.3 Å². The Hall–Kier alpha value is -0.410. The van der Waals surface area contributed by atoms with Crippen molar-refractivity contribution in [2.75, 3.05) is 0 Å². The minimum atomic E-state index is 0.535. The molecule has 2 rings (SSSR count). The standard InChI is InChI=1S/C17H30N2S/c1-6-13-7-8-14(9-13)17-19-16(11(2)3)15(20-17)10-18-12(4)5/h11-14,18H,6-10H2,1-5H3. The van der Waals surface area contributed by atoms with Crippen molar-refractivity contribution in [2.45, 2.75) is 84.7 Å². The Morgan fingerprint density at radius 1 is 1.25 bits per heavy atom. The van der Waals surface area contributed by atoms with Crippen LogP contribution in [0.1, 0.15) is 87.7 Å². The average molecular weight is 295 g/mol. The summed E-state index contributed by atoms with van der Waals surface area (Å²) in [4.78, 5) is 6.48. The van der Waals surface area contributed by atoms with Crippen molar-refractivity contribution in [1.29, 1.82) is 0 Å². The smallest absolute Gasteiger partial charge is 0.0962 e. The SMILES string of the molecule is CCC1CCC(c2nc(C(C)C)c(CNC(C)C)s2)C1. The molecular weight excluding hydrogens is 264 g/mol. The molecule has 0 saturated heterocycles. The van der Waals surface area contributed by atoms with Gasteiger partial charge < -0.3 is 5.32 Å². The van der Waals surface area contributed by atoms with Crippen LogP contribution in [-0.4, -0.2) is 11.0 Å². The molecule has 1 heterocycles. The van der Waals surface area contributed by atoms with Gasteiger partial charge in [-0.05, 0) is 31.1 Å². The highest BCUT2D eigenvalue weighted by Crippen LogP contribution is 2.42. The van der Waals surface area contributed by atoms with E-state index in [0.717, 1.165) is 18.4 Å². The molecule has 0 amide bonds. The highest BCUT2D eigenvalue weighted by atomic mass is 32.1. The zero-order chi connectivity index (χ0) is 14.7. The van der Waals surface area contributed by atoms with Crippen molar-refractivity contribution >= 4 is 11.3 Å². The first-order valence-corrected chi connectivity index (χ1v) is 9.05. The average Bonchev–Trinajstić information content (AvgIpc) is 3.02. The second-order valence-electron chi connectivity index (χ2n) is 6.84. The Bertz CT molecular complexity index is 423. The lowest BCUT2D eigenvalue weighted by Gasteiger charge is -2.09. The molecule has 1 aliphatic rings. The van der Waals surface area contributed by atoms with Crippen LogP contribution in [0.2, 0.25) is 0 Å². The summed E-state index contributed by atoms with van der Waals surface area (Å²) in [7, 11) is 0. The number of aromatic nitrogens is 1. The monoisotopic (exact) mass is 294 g/mol. The molecule has 2 nitrogen and oxygen atoms in total. The molecule has 0 bridgehead atoms. The summed E-state index contributed by atoms with van der Waals surface area (Å²) in [6, 6.07) is 0.538. The lowest BCUT2D eigenvalue weighted by Crippen LogP contribution is -2.22. The van der Waals surface area contributed by atoms with Gasteiger partial charge in [0.25, 0.3) is 0 Å². The van der Waals surface area contributed by atoms with Gasteiger partial charge >= 0.3 is 0 Å². The van der Waals surface area contributed by atoms with E-state index in [1.807, 2.05) is 11.3 Å². The van der Waals surface area contributed by atoms with E-state index in [1.54, 1.807) is 0 Å². The summed E-state index contributed by atoms with van der Waals surface area (Å²) in [6.07, 6.45) is 5.44. The number of thiazole rings is 1. The van der Waals surface area contributed by atoms with Crippen molar-refractivity contribution in [3.8, 4) is 0 Å². The Morgan fingerprint density at radius 3 is 2.55 bits per heavy atom. The Labute approximate surface area is 128 Å². The van der Waals surface area contributed by atoms with E-state index >= 15 is 0 Å². The summed E-state index contributed by atoms with van der Waals surface area (Å²) in [5.41, 5.74) is 1.33. The third-order valence-corrected chi connectivity index (χ3v) is 5.66. The van der Waals surface area contributed by atoms with Crippen LogP contribution in [0.5, 0.6) is 0 Å². The quantitative estimate of drug-likeness (QED) is 0.793. The fourth-order valence-corrected chi connectivity index (χ4v) is 4.42. The van der Waals surface area contributed by atoms with Crippen LogP contribution in [-0.2, 0) is 6.54 Å². The molecule has 1 N–H and O–H groups in total. The van der Waals surface area contributed by atoms with Crippen molar-refractivity contribution in [2.24, 2.45) is 5.92 Å². The van der Waals surface area contributed by atoms with E-state index in [0.29, 0.717) is 12.0 Å². The van der Waals surface area contributed by atoms with Crippen LogP contribution in [0, 0.1) is 5.92 Å². The van der Waals surface area contributed by atoms with E-state index in [9.17, 15) is 0 Å². The molecular formula is C17H30N2S. The minimum absolute atomic E-state index is 0.535. The number of nitrogens with one attached hydrogen (secondary N) is 1. The molecule has 1 aromatic rings. The van der Waals surface area contributed by atoms with Crippen LogP contribution < -0.4 is 5.32 Å². The molecule has 0 spiro atoms. The fraction of sp³-hybridized carbons (Fsp3) is 0.824. The molecule has 1 aliphatic carbocycles. The molecule has 2 unspecified atom stereocenters. The predicted molar refractivity (Wildman–Crippen MR) is 88.6 cm³/mol. The first kappa shape index (κ1) is 16.0. The van der Waals surface area contributed by atoms with E-state index in [4.69, 9.17) is 4.98 Å². The third-order valence-electron chi connectivity index (χ3n) is 4.43. The largest absolute Gasteiger partial charge is 0.310 e. The van der Waals surface area contributed by atoms with Gasteiger partial charge in [-0.25, -0.2) is 4.98 Å². The Balaban J connectivity index is 2.12. The molecule has 0 radical (unpaired) electrons. The molecule has 1 fully saturated rings. The van der Waals surface area contributed by atoms with Gasteiger partial charge in [0, 0.05) is 23.4 Å². The minimum Gasteiger partial charge on any atom is -0.310 e. The Kier molecular flexibility index (Phi) is 5.62. The second-order valence-corrected chi connectivity index (χ2v) is 7.95. The predicted octanol–water partition coefficient (Wildman–Crippen LogP) is 5.06. The molecule has 20 heavy (non-hydrogen) atoms. The van der Waals surface area contributed by atoms with Crippen LogP contribution in [0.15, 0.2) is 0 Å². The maximum Gasteiger partial charge on any atom is 0.0962 e. The van der Waals surface area contributed by atoms with Crippen LogP contribution in [0.3, 0.4) is 0 Å². The van der Waals surface area contributed by atoms with Gasteiger partial charge in [0.05, 0.1) is 10.7 Å². The van der Waals surface area contributed by atoms with Crippen LogP contribution >= 0.6 is 11.3 Å². The van der Waals surface area contributed by atoms with E-state index < -0.39 is 0 Å². The van der Waals surface area contributed by atoms with E-state index in [2.05, 4.69) is 39.9 Å². The molecule has 114 valence electrons. The zero-order valence-corrected chi connectivity index (χ0v) is 14.5. The molecule has 2 atom stereocenters. The zero-order valence-electron chi connectivity index (χ0n) is 13.7. The maximum atomic E-state index is 5.02. The summed E-state index contributed by atoms with van der Waals surface area (Å²) in [5, 5.41) is 4.96. The Morgan fingerprint density at radius 2 is 2.00 bits per heavy atom. The third kappa shape index (κ3) is 3.82.